The fraction of sp³-hybridized carbons (Fsp3) is 0.818. The molecular weight excluding hydrogens is 146 g/mol. The molecule has 1 atom stereocenters. The minimum atomic E-state index is 0.748. The van der Waals surface area contributed by atoms with Crippen LogP contribution < -0.4 is 0 Å². The molecule has 1 aliphatic heterocycles. The maximum absolute atomic E-state index is 3.87. The molecule has 70 valence electrons. The Kier molecular flexibility index (Phi) is 3.80. The van der Waals surface area contributed by atoms with Crippen LogP contribution in [0.5, 0.6) is 0 Å². The highest BCUT2D eigenvalue weighted by atomic mass is 15.1. The summed E-state index contributed by atoms with van der Waals surface area (Å²) < 4.78 is 0. The first kappa shape index (κ1) is 9.79. The smallest absolute Gasteiger partial charge is 0.00443 e. The average Bonchev–Trinajstić information content (AvgIpc) is 2.03. The second kappa shape index (κ2) is 4.66. The van der Waals surface area contributed by atoms with E-state index in [9.17, 15) is 0 Å². The molecule has 1 fully saturated rings. The Balaban J connectivity index is 2.30. The Labute approximate surface area is 76.5 Å². The molecule has 1 heteroatoms. The standard InChI is InChI=1S/C11H21N/c1-4-11-6-5-7-12(9-11)8-10(2)3/h4,10-11H,1,5-9H2,2-3H3. The van der Waals surface area contributed by atoms with Crippen LogP contribution in [-0.4, -0.2) is 24.5 Å². The van der Waals surface area contributed by atoms with E-state index in [1.807, 2.05) is 0 Å². The van der Waals surface area contributed by atoms with Crippen molar-refractivity contribution in [3.05, 3.63) is 12.7 Å². The van der Waals surface area contributed by atoms with E-state index in [0.29, 0.717) is 0 Å². The van der Waals surface area contributed by atoms with Gasteiger partial charge in [-0.15, -0.1) is 6.58 Å². The largest absolute Gasteiger partial charge is 0.302 e. The first-order valence-electron chi connectivity index (χ1n) is 5.07. The molecule has 0 aromatic rings. The molecule has 0 aromatic carbocycles. The van der Waals surface area contributed by atoms with E-state index in [1.54, 1.807) is 0 Å². The molecule has 12 heavy (non-hydrogen) atoms. The molecule has 1 unspecified atom stereocenters. The van der Waals surface area contributed by atoms with Gasteiger partial charge in [-0.2, -0.15) is 0 Å². The maximum Gasteiger partial charge on any atom is 0.00443 e. The normalized spacial score (nSPS) is 26.1. The average molecular weight is 167 g/mol. The topological polar surface area (TPSA) is 3.24 Å². The first-order chi connectivity index (χ1) is 5.72. The van der Waals surface area contributed by atoms with Gasteiger partial charge in [0, 0.05) is 13.1 Å². The number of hydrogen-bond donors (Lipinski definition) is 0. The van der Waals surface area contributed by atoms with Gasteiger partial charge in [0.1, 0.15) is 0 Å². The molecule has 0 aromatic heterocycles. The molecule has 0 amide bonds. The minimum absolute atomic E-state index is 0.748. The van der Waals surface area contributed by atoms with E-state index < -0.39 is 0 Å². The lowest BCUT2D eigenvalue weighted by molar-refractivity contribution is 0.178. The van der Waals surface area contributed by atoms with Crippen LogP contribution >= 0.6 is 0 Å². The van der Waals surface area contributed by atoms with Crippen molar-refractivity contribution >= 4 is 0 Å². The first-order valence-corrected chi connectivity index (χ1v) is 5.07. The summed E-state index contributed by atoms with van der Waals surface area (Å²) in [5.74, 6) is 1.55. The van der Waals surface area contributed by atoms with Crippen LogP contribution in [-0.2, 0) is 0 Å². The van der Waals surface area contributed by atoms with Crippen LogP contribution in [0, 0.1) is 11.8 Å². The molecule has 1 heterocycles. The van der Waals surface area contributed by atoms with Crippen molar-refractivity contribution in [2.24, 2.45) is 11.8 Å². The highest BCUT2D eigenvalue weighted by Gasteiger charge is 2.17. The predicted octanol–water partition coefficient (Wildman–Crippen LogP) is 2.54. The van der Waals surface area contributed by atoms with Crippen LogP contribution in [0.25, 0.3) is 0 Å². The summed E-state index contributed by atoms with van der Waals surface area (Å²) >= 11 is 0. The van der Waals surface area contributed by atoms with Gasteiger partial charge in [-0.25, -0.2) is 0 Å². The van der Waals surface area contributed by atoms with Crippen molar-refractivity contribution in [2.75, 3.05) is 19.6 Å². The zero-order valence-electron chi connectivity index (χ0n) is 8.42. The Morgan fingerprint density at radius 2 is 2.33 bits per heavy atom. The van der Waals surface area contributed by atoms with Crippen LogP contribution in [0.1, 0.15) is 26.7 Å². The second-order valence-corrected chi connectivity index (χ2v) is 4.29. The van der Waals surface area contributed by atoms with Crippen molar-refractivity contribution in [3.63, 3.8) is 0 Å². The van der Waals surface area contributed by atoms with Crippen LogP contribution in [0.4, 0.5) is 0 Å². The molecule has 1 rings (SSSR count). The zero-order chi connectivity index (χ0) is 8.97. The van der Waals surface area contributed by atoms with Gasteiger partial charge in [0.15, 0.2) is 0 Å². The summed E-state index contributed by atoms with van der Waals surface area (Å²) in [5.41, 5.74) is 0. The van der Waals surface area contributed by atoms with Gasteiger partial charge in [-0.1, -0.05) is 19.9 Å². The number of hydrogen-bond acceptors (Lipinski definition) is 1. The van der Waals surface area contributed by atoms with Crippen molar-refractivity contribution in [3.8, 4) is 0 Å². The molecule has 0 N–H and O–H groups in total. The second-order valence-electron chi connectivity index (χ2n) is 4.29. The number of rotatable bonds is 3. The van der Waals surface area contributed by atoms with Gasteiger partial charge in [0.05, 0.1) is 0 Å². The highest BCUT2D eigenvalue weighted by molar-refractivity contribution is 4.85. The summed E-state index contributed by atoms with van der Waals surface area (Å²) in [6, 6.07) is 0. The van der Waals surface area contributed by atoms with Crippen LogP contribution in [0.3, 0.4) is 0 Å². The summed E-state index contributed by atoms with van der Waals surface area (Å²) in [6.45, 7) is 12.2. The molecular formula is C11H21N. The van der Waals surface area contributed by atoms with E-state index in [0.717, 1.165) is 11.8 Å². The summed E-state index contributed by atoms with van der Waals surface area (Å²) in [6.07, 6.45) is 4.81. The monoisotopic (exact) mass is 167 g/mol. The Hall–Kier alpha value is -0.300. The SMILES string of the molecule is C=CC1CCCN(CC(C)C)C1. The zero-order valence-corrected chi connectivity index (χ0v) is 8.42. The van der Waals surface area contributed by atoms with Crippen molar-refractivity contribution < 1.29 is 0 Å². The molecule has 0 spiro atoms. The minimum Gasteiger partial charge on any atom is -0.302 e. The quantitative estimate of drug-likeness (QED) is 0.584. The van der Waals surface area contributed by atoms with Gasteiger partial charge in [-0.05, 0) is 31.2 Å². The predicted molar refractivity (Wildman–Crippen MR) is 54.2 cm³/mol. The highest BCUT2D eigenvalue weighted by Crippen LogP contribution is 2.17. The fourth-order valence-electron chi connectivity index (χ4n) is 1.97. The lowest BCUT2D eigenvalue weighted by Gasteiger charge is -2.32. The molecule has 1 nitrogen and oxygen atoms in total. The summed E-state index contributed by atoms with van der Waals surface area (Å²) in [7, 11) is 0. The molecule has 0 saturated carbocycles. The van der Waals surface area contributed by atoms with Gasteiger partial charge in [0.25, 0.3) is 0 Å². The summed E-state index contributed by atoms with van der Waals surface area (Å²) in [5, 5.41) is 0. The van der Waals surface area contributed by atoms with Gasteiger partial charge >= 0.3 is 0 Å². The van der Waals surface area contributed by atoms with E-state index in [1.165, 1.54) is 32.5 Å². The maximum atomic E-state index is 3.87. The van der Waals surface area contributed by atoms with Crippen LogP contribution in [0.15, 0.2) is 12.7 Å². The fourth-order valence-corrected chi connectivity index (χ4v) is 1.97. The molecule has 1 aliphatic rings. The van der Waals surface area contributed by atoms with Crippen molar-refractivity contribution in [1.29, 1.82) is 0 Å². The number of likely N-dealkylation sites (tertiary alicyclic amines) is 1. The lowest BCUT2D eigenvalue weighted by atomic mass is 9.97. The third-order valence-corrected chi connectivity index (χ3v) is 2.50. The van der Waals surface area contributed by atoms with Gasteiger partial charge in [-0.3, -0.25) is 0 Å². The van der Waals surface area contributed by atoms with Gasteiger partial charge in [0.2, 0.25) is 0 Å². The van der Waals surface area contributed by atoms with E-state index in [4.69, 9.17) is 0 Å². The van der Waals surface area contributed by atoms with E-state index in [2.05, 4.69) is 31.4 Å². The van der Waals surface area contributed by atoms with E-state index in [-0.39, 0.29) is 0 Å². The lowest BCUT2D eigenvalue weighted by Crippen LogP contribution is -2.36. The van der Waals surface area contributed by atoms with E-state index >= 15 is 0 Å². The molecule has 0 bridgehead atoms. The van der Waals surface area contributed by atoms with Crippen molar-refractivity contribution in [2.45, 2.75) is 26.7 Å². The molecule has 0 aliphatic carbocycles. The Morgan fingerprint density at radius 1 is 1.58 bits per heavy atom. The Bertz CT molecular complexity index is 140. The Morgan fingerprint density at radius 3 is 2.92 bits per heavy atom. The molecule has 0 radical (unpaired) electrons. The third-order valence-electron chi connectivity index (χ3n) is 2.50. The van der Waals surface area contributed by atoms with Gasteiger partial charge < -0.3 is 4.90 Å². The summed E-state index contributed by atoms with van der Waals surface area (Å²) in [4.78, 5) is 2.57. The third kappa shape index (κ3) is 2.98. The van der Waals surface area contributed by atoms with Crippen LogP contribution in [0.2, 0.25) is 0 Å². The number of piperidine rings is 1. The van der Waals surface area contributed by atoms with Crippen molar-refractivity contribution in [1.82, 2.24) is 4.90 Å². The number of nitrogens with zero attached hydrogens (tertiary/aromatic N) is 1. The molecule has 1 saturated heterocycles.